The first-order chi connectivity index (χ1) is 24.7. The van der Waals surface area contributed by atoms with Crippen LogP contribution < -0.4 is 0 Å². The number of nitriles is 3. The largest absolute Gasteiger partial charge is 0.309 e. The topological polar surface area (TPSA) is 81.2 Å². The quantitative estimate of drug-likeness (QED) is 0.193. The molecular weight excluding hydrogens is 611 g/mol. The molecule has 0 N–H and O–H groups in total. The molecule has 0 saturated heterocycles. The number of nitrogens with zero attached hydrogens (tertiary/aromatic N) is 5. The molecule has 0 bridgehead atoms. The number of fused-ring (bicyclic) bond motifs is 6. The van der Waals surface area contributed by atoms with Crippen LogP contribution in [-0.2, 0) is 0 Å². The molecular formula is C45H25N5. The maximum atomic E-state index is 10.5. The van der Waals surface area contributed by atoms with E-state index in [4.69, 9.17) is 0 Å². The van der Waals surface area contributed by atoms with Gasteiger partial charge < -0.3 is 9.13 Å². The zero-order chi connectivity index (χ0) is 33.8. The highest BCUT2D eigenvalue weighted by molar-refractivity contribution is 6.11. The number of rotatable bonds is 4. The summed E-state index contributed by atoms with van der Waals surface area (Å²) in [6, 6.07) is 57.7. The van der Waals surface area contributed by atoms with Gasteiger partial charge in [-0.25, -0.2) is 0 Å². The standard InChI is InChI=1S/C45H25N5/c46-26-29-20-23-44-40(24-29)37-15-5-6-17-41(37)49(44)32-22-21-30(27-47)39(25-32)34-12-2-1-11-33(34)38-16-9-10-31(28-48)45(38)50-42-18-7-3-13-35(42)36-14-4-8-19-43(36)50/h1-25H. The van der Waals surface area contributed by atoms with Gasteiger partial charge in [-0.05, 0) is 71.8 Å². The van der Waals surface area contributed by atoms with Crippen molar-refractivity contribution in [3.05, 3.63) is 168 Å². The van der Waals surface area contributed by atoms with Crippen LogP contribution in [0.3, 0.4) is 0 Å². The van der Waals surface area contributed by atoms with E-state index in [-0.39, 0.29) is 0 Å². The second-order valence-electron chi connectivity index (χ2n) is 12.3. The number of para-hydroxylation sites is 4. The van der Waals surface area contributed by atoms with Gasteiger partial charge in [0.1, 0.15) is 6.07 Å². The summed E-state index contributed by atoms with van der Waals surface area (Å²) in [5.74, 6) is 0. The molecule has 0 aliphatic rings. The van der Waals surface area contributed by atoms with Crippen molar-refractivity contribution in [2.24, 2.45) is 0 Å². The molecule has 9 aromatic rings. The summed E-state index contributed by atoms with van der Waals surface area (Å²) in [5, 5.41) is 34.9. The third kappa shape index (κ3) is 4.24. The minimum Gasteiger partial charge on any atom is -0.309 e. The third-order valence-electron chi connectivity index (χ3n) is 9.65. The molecule has 0 aliphatic heterocycles. The van der Waals surface area contributed by atoms with E-state index in [0.717, 1.165) is 77.2 Å². The van der Waals surface area contributed by atoms with E-state index in [2.05, 4.69) is 88.0 Å². The normalized spacial score (nSPS) is 11.1. The van der Waals surface area contributed by atoms with Crippen LogP contribution in [0.15, 0.2) is 152 Å². The van der Waals surface area contributed by atoms with Gasteiger partial charge in [-0.15, -0.1) is 0 Å². The van der Waals surface area contributed by atoms with Crippen molar-refractivity contribution in [2.45, 2.75) is 0 Å². The summed E-state index contributed by atoms with van der Waals surface area (Å²) in [5.41, 5.74) is 10.9. The number of hydrogen-bond acceptors (Lipinski definition) is 3. The summed E-state index contributed by atoms with van der Waals surface area (Å²) in [7, 11) is 0. The first-order valence-electron chi connectivity index (χ1n) is 16.3. The molecule has 230 valence electrons. The van der Waals surface area contributed by atoms with E-state index in [0.29, 0.717) is 16.7 Å². The van der Waals surface area contributed by atoms with Crippen molar-refractivity contribution in [1.82, 2.24) is 9.13 Å². The van der Waals surface area contributed by atoms with E-state index in [9.17, 15) is 15.8 Å². The Morgan fingerprint density at radius 2 is 0.900 bits per heavy atom. The van der Waals surface area contributed by atoms with Crippen LogP contribution >= 0.6 is 0 Å². The van der Waals surface area contributed by atoms with Crippen LogP contribution in [0.25, 0.3) is 77.2 Å². The fourth-order valence-corrected chi connectivity index (χ4v) is 7.52. The Morgan fingerprint density at radius 1 is 0.360 bits per heavy atom. The Hall–Kier alpha value is -7.39. The second kappa shape index (κ2) is 11.4. The van der Waals surface area contributed by atoms with Crippen molar-refractivity contribution < 1.29 is 0 Å². The van der Waals surface area contributed by atoms with Crippen molar-refractivity contribution in [3.63, 3.8) is 0 Å². The Kier molecular flexibility index (Phi) is 6.56. The second-order valence-corrected chi connectivity index (χ2v) is 12.3. The van der Waals surface area contributed by atoms with Crippen molar-refractivity contribution in [1.29, 1.82) is 15.8 Å². The molecule has 7 aromatic carbocycles. The van der Waals surface area contributed by atoms with E-state index in [1.807, 2.05) is 91.0 Å². The van der Waals surface area contributed by atoms with E-state index in [1.54, 1.807) is 0 Å². The van der Waals surface area contributed by atoms with E-state index in [1.165, 1.54) is 0 Å². The Labute approximate surface area is 287 Å². The molecule has 2 heterocycles. The highest BCUT2D eigenvalue weighted by Crippen LogP contribution is 2.42. The van der Waals surface area contributed by atoms with Gasteiger partial charge in [-0.2, -0.15) is 15.8 Å². The van der Waals surface area contributed by atoms with Crippen LogP contribution in [0.2, 0.25) is 0 Å². The predicted octanol–water partition coefficient (Wildman–Crippen LogP) is 10.8. The first kappa shape index (κ1) is 28.8. The zero-order valence-corrected chi connectivity index (χ0v) is 26.7. The van der Waals surface area contributed by atoms with Crippen LogP contribution in [0.4, 0.5) is 0 Å². The van der Waals surface area contributed by atoms with E-state index >= 15 is 0 Å². The molecule has 0 fully saturated rings. The van der Waals surface area contributed by atoms with Crippen LogP contribution in [0.1, 0.15) is 16.7 Å². The summed E-state index contributed by atoms with van der Waals surface area (Å²) in [6.45, 7) is 0. The Balaban J connectivity index is 1.32. The smallest absolute Gasteiger partial charge is 0.101 e. The van der Waals surface area contributed by atoms with Crippen LogP contribution in [0, 0.1) is 34.0 Å². The van der Waals surface area contributed by atoms with Gasteiger partial charge in [0.2, 0.25) is 0 Å². The van der Waals surface area contributed by atoms with Gasteiger partial charge in [0.05, 0.1) is 56.6 Å². The Morgan fingerprint density at radius 3 is 1.54 bits per heavy atom. The molecule has 0 atom stereocenters. The minimum absolute atomic E-state index is 0.545. The maximum absolute atomic E-state index is 10.5. The fourth-order valence-electron chi connectivity index (χ4n) is 7.52. The molecule has 5 heteroatoms. The zero-order valence-electron chi connectivity index (χ0n) is 26.7. The lowest BCUT2D eigenvalue weighted by Gasteiger charge is -2.19. The molecule has 0 spiro atoms. The summed E-state index contributed by atoms with van der Waals surface area (Å²) in [6.07, 6.45) is 0. The first-order valence-corrected chi connectivity index (χ1v) is 16.3. The van der Waals surface area contributed by atoms with Gasteiger partial charge in [0.25, 0.3) is 0 Å². The average Bonchev–Trinajstić information content (AvgIpc) is 3.69. The van der Waals surface area contributed by atoms with Crippen molar-refractivity contribution in [2.75, 3.05) is 0 Å². The van der Waals surface area contributed by atoms with Gasteiger partial charge in [-0.1, -0.05) is 91.0 Å². The molecule has 0 amide bonds. The van der Waals surface area contributed by atoms with Crippen LogP contribution in [-0.4, -0.2) is 9.13 Å². The molecule has 0 unspecified atom stereocenters. The summed E-state index contributed by atoms with van der Waals surface area (Å²) < 4.78 is 4.39. The van der Waals surface area contributed by atoms with E-state index < -0.39 is 0 Å². The number of aromatic nitrogens is 2. The molecule has 50 heavy (non-hydrogen) atoms. The SMILES string of the molecule is N#Cc1ccc2c(c1)c1ccccc1n2-c1ccc(C#N)c(-c2ccccc2-c2cccc(C#N)c2-n2c3ccccc3c3ccccc32)c1. The lowest BCUT2D eigenvalue weighted by molar-refractivity contribution is 1.17. The molecule has 9 rings (SSSR count). The summed E-state index contributed by atoms with van der Waals surface area (Å²) in [4.78, 5) is 0. The minimum atomic E-state index is 0.545. The Bertz CT molecular complexity index is 2920. The molecule has 0 aliphatic carbocycles. The van der Waals surface area contributed by atoms with Crippen molar-refractivity contribution >= 4 is 43.6 Å². The number of hydrogen-bond donors (Lipinski definition) is 0. The monoisotopic (exact) mass is 635 g/mol. The van der Waals surface area contributed by atoms with Gasteiger partial charge >= 0.3 is 0 Å². The lowest BCUT2D eigenvalue weighted by Crippen LogP contribution is -2.02. The average molecular weight is 636 g/mol. The molecule has 5 nitrogen and oxygen atoms in total. The van der Waals surface area contributed by atoms with Crippen LogP contribution in [0.5, 0.6) is 0 Å². The number of benzene rings is 7. The molecule has 0 radical (unpaired) electrons. The van der Waals surface area contributed by atoms with Gasteiger partial charge in [-0.3, -0.25) is 0 Å². The highest BCUT2D eigenvalue weighted by atomic mass is 15.0. The van der Waals surface area contributed by atoms with Crippen molar-refractivity contribution in [3.8, 4) is 51.8 Å². The lowest BCUT2D eigenvalue weighted by atomic mass is 9.90. The third-order valence-corrected chi connectivity index (χ3v) is 9.65. The maximum Gasteiger partial charge on any atom is 0.101 e. The molecule has 0 saturated carbocycles. The van der Waals surface area contributed by atoms with Gasteiger partial charge in [0, 0.05) is 38.4 Å². The predicted molar refractivity (Wildman–Crippen MR) is 200 cm³/mol. The molecule has 2 aromatic heterocycles. The van der Waals surface area contributed by atoms with Gasteiger partial charge in [0.15, 0.2) is 0 Å². The summed E-state index contributed by atoms with van der Waals surface area (Å²) >= 11 is 0. The highest BCUT2D eigenvalue weighted by Gasteiger charge is 2.22. The fraction of sp³-hybridized carbons (Fsp3) is 0.